The van der Waals surface area contributed by atoms with Gasteiger partial charge in [-0.15, -0.1) is 0 Å². The molecule has 0 aliphatic rings. The van der Waals surface area contributed by atoms with Crippen molar-refractivity contribution in [2.24, 2.45) is 7.05 Å². The molecule has 1 aromatic heterocycles. The summed E-state index contributed by atoms with van der Waals surface area (Å²) in [6.07, 6.45) is 1.56. The van der Waals surface area contributed by atoms with Crippen molar-refractivity contribution < 1.29 is 9.90 Å². The zero-order valence-corrected chi connectivity index (χ0v) is 11.5. The molecule has 0 aliphatic heterocycles. The molecule has 0 saturated heterocycles. The van der Waals surface area contributed by atoms with Crippen LogP contribution in [-0.2, 0) is 12.6 Å². The summed E-state index contributed by atoms with van der Waals surface area (Å²) in [5.41, 5.74) is 6.12. The van der Waals surface area contributed by atoms with Crippen molar-refractivity contribution >= 4 is 11.6 Å². The average Bonchev–Trinajstić information content (AvgIpc) is 2.78. The second-order valence-electron chi connectivity index (χ2n) is 4.92. The SMILES string of the molecule is Cn1cc(N)c(C(=O)NC(C)(CO)c2ccccc2)n1. The molecule has 0 saturated carbocycles. The minimum absolute atomic E-state index is 0.156. The molecule has 0 bridgehead atoms. The number of nitrogen functional groups attached to an aromatic ring is 1. The van der Waals surface area contributed by atoms with E-state index in [1.165, 1.54) is 4.68 Å². The molecule has 1 unspecified atom stereocenters. The Hall–Kier alpha value is -2.34. The highest BCUT2D eigenvalue weighted by molar-refractivity contribution is 5.97. The van der Waals surface area contributed by atoms with E-state index in [0.29, 0.717) is 5.69 Å². The Bertz CT molecular complexity index is 609. The number of carbonyl (C=O) groups is 1. The summed E-state index contributed by atoms with van der Waals surface area (Å²) in [4.78, 5) is 12.2. The standard InChI is InChI=1S/C14H18N4O2/c1-14(9-19,10-6-4-3-5-7-10)16-13(20)12-11(15)8-18(2)17-12/h3-8,19H,9,15H2,1-2H3,(H,16,20). The molecule has 20 heavy (non-hydrogen) atoms. The second-order valence-corrected chi connectivity index (χ2v) is 4.92. The number of aromatic nitrogens is 2. The van der Waals surface area contributed by atoms with E-state index in [1.807, 2.05) is 30.3 Å². The number of nitrogens with zero attached hydrogens (tertiary/aromatic N) is 2. The number of aliphatic hydroxyl groups is 1. The number of amides is 1. The summed E-state index contributed by atoms with van der Waals surface area (Å²) in [5.74, 6) is -0.413. The molecule has 1 amide bonds. The summed E-state index contributed by atoms with van der Waals surface area (Å²) >= 11 is 0. The van der Waals surface area contributed by atoms with Crippen LogP contribution in [0.1, 0.15) is 23.0 Å². The number of nitrogens with two attached hydrogens (primary N) is 1. The molecule has 4 N–H and O–H groups in total. The van der Waals surface area contributed by atoms with Gasteiger partial charge in [-0.25, -0.2) is 0 Å². The van der Waals surface area contributed by atoms with Gasteiger partial charge in [-0.05, 0) is 12.5 Å². The van der Waals surface area contributed by atoms with E-state index in [2.05, 4.69) is 10.4 Å². The lowest BCUT2D eigenvalue weighted by atomic mass is 9.92. The van der Waals surface area contributed by atoms with Gasteiger partial charge in [0.05, 0.1) is 17.8 Å². The number of anilines is 1. The molecule has 6 nitrogen and oxygen atoms in total. The third-order valence-corrected chi connectivity index (χ3v) is 3.19. The monoisotopic (exact) mass is 274 g/mol. The first-order chi connectivity index (χ1) is 9.46. The van der Waals surface area contributed by atoms with Gasteiger partial charge in [-0.3, -0.25) is 9.48 Å². The summed E-state index contributed by atoms with van der Waals surface area (Å²) in [7, 11) is 1.69. The molecule has 106 valence electrons. The number of nitrogens with one attached hydrogen (secondary N) is 1. The van der Waals surface area contributed by atoms with Crippen molar-refractivity contribution in [2.75, 3.05) is 12.3 Å². The van der Waals surface area contributed by atoms with E-state index in [0.717, 1.165) is 5.56 Å². The average molecular weight is 274 g/mol. The Labute approximate surface area is 117 Å². The summed E-state index contributed by atoms with van der Waals surface area (Å²) in [5, 5.41) is 16.4. The topological polar surface area (TPSA) is 93.2 Å². The highest BCUT2D eigenvalue weighted by Gasteiger charge is 2.29. The number of rotatable bonds is 4. The zero-order valence-electron chi connectivity index (χ0n) is 11.5. The van der Waals surface area contributed by atoms with Crippen molar-refractivity contribution in [1.29, 1.82) is 0 Å². The number of hydrogen-bond acceptors (Lipinski definition) is 4. The Kier molecular flexibility index (Phi) is 3.76. The molecule has 0 aliphatic carbocycles. The molecule has 6 heteroatoms. The van der Waals surface area contributed by atoms with Crippen LogP contribution in [0.2, 0.25) is 0 Å². The van der Waals surface area contributed by atoms with Gasteiger partial charge in [-0.2, -0.15) is 5.10 Å². The van der Waals surface area contributed by atoms with E-state index >= 15 is 0 Å². The van der Waals surface area contributed by atoms with Gasteiger partial charge in [0.2, 0.25) is 0 Å². The van der Waals surface area contributed by atoms with Gasteiger partial charge in [0.15, 0.2) is 5.69 Å². The first-order valence-electron chi connectivity index (χ1n) is 6.24. The molecule has 1 heterocycles. The number of aryl methyl sites for hydroxylation is 1. The first-order valence-corrected chi connectivity index (χ1v) is 6.24. The fourth-order valence-electron chi connectivity index (χ4n) is 2.00. The Morgan fingerprint density at radius 3 is 2.60 bits per heavy atom. The minimum Gasteiger partial charge on any atom is -0.396 e. The highest BCUT2D eigenvalue weighted by Crippen LogP contribution is 2.21. The van der Waals surface area contributed by atoms with Crippen molar-refractivity contribution in [2.45, 2.75) is 12.5 Å². The van der Waals surface area contributed by atoms with Gasteiger partial charge in [0.25, 0.3) is 5.91 Å². The lowest BCUT2D eigenvalue weighted by molar-refractivity contribution is 0.0844. The Morgan fingerprint density at radius 1 is 1.45 bits per heavy atom. The molecule has 0 radical (unpaired) electrons. The van der Waals surface area contributed by atoms with Crippen molar-refractivity contribution in [3.63, 3.8) is 0 Å². The molecule has 1 aromatic carbocycles. The molecule has 2 aromatic rings. The summed E-state index contributed by atoms with van der Waals surface area (Å²) in [6.45, 7) is 1.52. The predicted molar refractivity (Wildman–Crippen MR) is 76.0 cm³/mol. The van der Waals surface area contributed by atoms with Crippen molar-refractivity contribution in [3.8, 4) is 0 Å². The lowest BCUT2D eigenvalue weighted by Gasteiger charge is -2.29. The predicted octanol–water partition coefficient (Wildman–Crippen LogP) is 0.640. The van der Waals surface area contributed by atoms with Crippen LogP contribution in [-0.4, -0.2) is 27.4 Å². The van der Waals surface area contributed by atoms with Gasteiger partial charge in [0.1, 0.15) is 0 Å². The van der Waals surface area contributed by atoms with Gasteiger partial charge >= 0.3 is 0 Å². The fourth-order valence-corrected chi connectivity index (χ4v) is 2.00. The molecule has 0 spiro atoms. The minimum atomic E-state index is -0.887. The third kappa shape index (κ3) is 2.65. The van der Waals surface area contributed by atoms with E-state index < -0.39 is 11.4 Å². The number of benzene rings is 1. The summed E-state index contributed by atoms with van der Waals surface area (Å²) in [6, 6.07) is 9.27. The molecule has 2 rings (SSSR count). The smallest absolute Gasteiger partial charge is 0.274 e. The third-order valence-electron chi connectivity index (χ3n) is 3.19. The first kappa shape index (κ1) is 14.1. The van der Waals surface area contributed by atoms with Crippen LogP contribution in [0.25, 0.3) is 0 Å². The van der Waals surface area contributed by atoms with Crippen LogP contribution in [0.5, 0.6) is 0 Å². The van der Waals surface area contributed by atoms with E-state index in [9.17, 15) is 9.90 Å². The van der Waals surface area contributed by atoms with E-state index in [1.54, 1.807) is 20.2 Å². The molecule has 0 fully saturated rings. The lowest BCUT2D eigenvalue weighted by Crippen LogP contribution is -2.46. The van der Waals surface area contributed by atoms with Gasteiger partial charge in [0, 0.05) is 13.2 Å². The quantitative estimate of drug-likeness (QED) is 0.762. The summed E-state index contributed by atoms with van der Waals surface area (Å²) < 4.78 is 1.48. The highest BCUT2D eigenvalue weighted by atomic mass is 16.3. The maximum Gasteiger partial charge on any atom is 0.274 e. The van der Waals surface area contributed by atoms with Crippen LogP contribution in [0, 0.1) is 0 Å². The number of carbonyl (C=O) groups excluding carboxylic acids is 1. The van der Waals surface area contributed by atoms with Crippen LogP contribution >= 0.6 is 0 Å². The van der Waals surface area contributed by atoms with Crippen molar-refractivity contribution in [1.82, 2.24) is 15.1 Å². The Balaban J connectivity index is 2.26. The Morgan fingerprint density at radius 2 is 2.10 bits per heavy atom. The second kappa shape index (κ2) is 5.34. The van der Waals surface area contributed by atoms with Gasteiger partial charge < -0.3 is 16.2 Å². The molecular formula is C14H18N4O2. The van der Waals surface area contributed by atoms with E-state index in [-0.39, 0.29) is 12.3 Å². The van der Waals surface area contributed by atoms with Crippen LogP contribution < -0.4 is 11.1 Å². The fraction of sp³-hybridized carbons (Fsp3) is 0.286. The number of aliphatic hydroxyl groups excluding tert-OH is 1. The van der Waals surface area contributed by atoms with Crippen LogP contribution in [0.3, 0.4) is 0 Å². The molecular weight excluding hydrogens is 256 g/mol. The van der Waals surface area contributed by atoms with Gasteiger partial charge in [-0.1, -0.05) is 30.3 Å². The zero-order chi connectivity index (χ0) is 14.8. The maximum absolute atomic E-state index is 12.2. The largest absolute Gasteiger partial charge is 0.396 e. The van der Waals surface area contributed by atoms with Crippen molar-refractivity contribution in [3.05, 3.63) is 47.8 Å². The van der Waals surface area contributed by atoms with Crippen LogP contribution in [0.15, 0.2) is 36.5 Å². The maximum atomic E-state index is 12.2. The number of hydrogen-bond donors (Lipinski definition) is 3. The van der Waals surface area contributed by atoms with Crippen LogP contribution in [0.4, 0.5) is 5.69 Å². The molecule has 1 atom stereocenters. The normalized spacial score (nSPS) is 13.8. The van der Waals surface area contributed by atoms with E-state index in [4.69, 9.17) is 5.73 Å².